The lowest BCUT2D eigenvalue weighted by atomic mass is 9.89. The van der Waals surface area contributed by atoms with Gasteiger partial charge in [0, 0.05) is 23.8 Å². The second kappa shape index (κ2) is 8.79. The predicted molar refractivity (Wildman–Crippen MR) is 107 cm³/mol. The molecule has 8 heteroatoms. The molecule has 1 aromatic heterocycles. The van der Waals surface area contributed by atoms with E-state index in [0.29, 0.717) is 5.69 Å². The molecule has 0 saturated carbocycles. The maximum atomic E-state index is 13.3. The maximum Gasteiger partial charge on any atom is 0.416 e. The summed E-state index contributed by atoms with van der Waals surface area (Å²) in [5.41, 5.74) is 1.01. The molecular weight excluding hydrogens is 415 g/mol. The highest BCUT2D eigenvalue weighted by molar-refractivity contribution is 7.13. The number of benzene rings is 2. The van der Waals surface area contributed by atoms with Crippen LogP contribution in [0.1, 0.15) is 34.7 Å². The minimum absolute atomic E-state index is 0.139. The molecule has 0 amide bonds. The monoisotopic (exact) mass is 433 g/mol. The maximum absolute atomic E-state index is 13.3. The number of carboxylic acid groups (broad SMARTS) is 1. The first-order chi connectivity index (χ1) is 14.1. The zero-order chi connectivity index (χ0) is 21.9. The van der Waals surface area contributed by atoms with Gasteiger partial charge in [-0.2, -0.15) is 13.2 Å². The molecule has 2 aromatic carbocycles. The number of alkyl halides is 3. The van der Waals surface area contributed by atoms with Crippen molar-refractivity contribution in [1.82, 2.24) is 4.98 Å². The van der Waals surface area contributed by atoms with Crippen molar-refractivity contribution < 1.29 is 27.9 Å². The van der Waals surface area contributed by atoms with Gasteiger partial charge in [0.05, 0.1) is 17.2 Å². The van der Waals surface area contributed by atoms with Crippen LogP contribution in [0.2, 0.25) is 0 Å². The van der Waals surface area contributed by atoms with E-state index < -0.39 is 41.4 Å². The summed E-state index contributed by atoms with van der Waals surface area (Å²) in [5.74, 6) is -3.54. The Hall–Kier alpha value is -3.00. The summed E-state index contributed by atoms with van der Waals surface area (Å²) >= 11 is 1.35. The second-order valence-electron chi connectivity index (χ2n) is 6.91. The molecule has 0 spiro atoms. The molecule has 0 radical (unpaired) electrons. The number of thiazole rings is 1. The molecule has 30 heavy (non-hydrogen) atoms. The fourth-order valence-electron chi connectivity index (χ4n) is 3.11. The molecule has 1 heterocycles. The molecule has 3 rings (SSSR count). The van der Waals surface area contributed by atoms with Crippen LogP contribution in [0.3, 0.4) is 0 Å². The number of nitrogens with zero attached hydrogens (tertiary/aromatic N) is 1. The molecule has 3 aromatic rings. The SMILES string of the molecule is Cc1ccc(-c2nc(CC(=O)CC(C(=O)O)c3ccccc3C(F)(F)F)cs2)cc1. The van der Waals surface area contributed by atoms with Gasteiger partial charge in [0.1, 0.15) is 10.8 Å². The summed E-state index contributed by atoms with van der Waals surface area (Å²) in [4.78, 5) is 28.5. The number of carbonyl (C=O) groups excluding carboxylic acids is 1. The topological polar surface area (TPSA) is 67.3 Å². The van der Waals surface area contributed by atoms with Gasteiger partial charge in [-0.3, -0.25) is 9.59 Å². The Morgan fingerprint density at radius 2 is 1.77 bits per heavy atom. The van der Waals surface area contributed by atoms with Gasteiger partial charge in [0.15, 0.2) is 0 Å². The standard InChI is InChI=1S/C22H18F3NO3S/c1-13-6-8-14(9-7-13)20-26-15(12-30-20)10-16(27)11-18(21(28)29)17-4-2-3-5-19(17)22(23,24)25/h2-9,12,18H,10-11H2,1H3,(H,28,29). The summed E-state index contributed by atoms with van der Waals surface area (Å²) in [6.45, 7) is 1.96. The molecule has 1 atom stereocenters. The Bertz CT molecular complexity index is 1060. The predicted octanol–water partition coefficient (Wildman–Crippen LogP) is 5.51. The van der Waals surface area contributed by atoms with Crippen molar-refractivity contribution >= 4 is 23.1 Å². The van der Waals surface area contributed by atoms with Crippen LogP contribution in [0.15, 0.2) is 53.9 Å². The van der Waals surface area contributed by atoms with Gasteiger partial charge in [0.2, 0.25) is 0 Å². The highest BCUT2D eigenvalue weighted by Gasteiger charge is 2.37. The minimum Gasteiger partial charge on any atom is -0.481 e. The number of hydrogen-bond acceptors (Lipinski definition) is 4. The quantitative estimate of drug-likeness (QED) is 0.534. The van der Waals surface area contributed by atoms with Crippen molar-refractivity contribution in [2.24, 2.45) is 0 Å². The molecule has 156 valence electrons. The van der Waals surface area contributed by atoms with E-state index in [2.05, 4.69) is 4.98 Å². The first-order valence-corrected chi connectivity index (χ1v) is 9.95. The number of rotatable bonds is 7. The number of carboxylic acids is 1. The van der Waals surface area contributed by atoms with E-state index in [0.717, 1.165) is 28.3 Å². The van der Waals surface area contributed by atoms with Crippen LogP contribution >= 0.6 is 11.3 Å². The lowest BCUT2D eigenvalue weighted by Gasteiger charge is -2.18. The number of carbonyl (C=O) groups is 2. The van der Waals surface area contributed by atoms with Crippen molar-refractivity contribution in [3.8, 4) is 10.6 Å². The molecule has 1 unspecified atom stereocenters. The molecule has 4 nitrogen and oxygen atoms in total. The summed E-state index contributed by atoms with van der Waals surface area (Å²) in [7, 11) is 0. The zero-order valence-corrected chi connectivity index (χ0v) is 16.8. The Morgan fingerprint density at radius 1 is 1.10 bits per heavy atom. The third-order valence-electron chi connectivity index (χ3n) is 4.60. The van der Waals surface area contributed by atoms with Crippen molar-refractivity contribution in [3.63, 3.8) is 0 Å². The normalized spacial score (nSPS) is 12.5. The fourth-order valence-corrected chi connectivity index (χ4v) is 3.93. The molecular formula is C22H18F3NO3S. The van der Waals surface area contributed by atoms with E-state index in [1.165, 1.54) is 23.5 Å². The van der Waals surface area contributed by atoms with Gasteiger partial charge in [0.25, 0.3) is 0 Å². The van der Waals surface area contributed by atoms with E-state index in [9.17, 15) is 27.9 Å². The summed E-state index contributed by atoms with van der Waals surface area (Å²) < 4.78 is 39.8. The highest BCUT2D eigenvalue weighted by atomic mass is 32.1. The van der Waals surface area contributed by atoms with E-state index in [1.54, 1.807) is 5.38 Å². The highest BCUT2D eigenvalue weighted by Crippen LogP contribution is 2.36. The van der Waals surface area contributed by atoms with E-state index >= 15 is 0 Å². The van der Waals surface area contributed by atoms with Gasteiger partial charge < -0.3 is 5.11 Å². The van der Waals surface area contributed by atoms with Gasteiger partial charge in [-0.05, 0) is 18.6 Å². The number of aromatic nitrogens is 1. The van der Waals surface area contributed by atoms with Crippen LogP contribution in [0.5, 0.6) is 0 Å². The summed E-state index contributed by atoms with van der Waals surface area (Å²) in [5, 5.41) is 11.9. The van der Waals surface area contributed by atoms with E-state index in [-0.39, 0.29) is 6.42 Å². The van der Waals surface area contributed by atoms with Gasteiger partial charge in [-0.15, -0.1) is 11.3 Å². The van der Waals surface area contributed by atoms with Crippen molar-refractivity contribution in [2.45, 2.75) is 31.9 Å². The number of ketones is 1. The summed E-state index contributed by atoms with van der Waals surface area (Å²) in [6.07, 6.45) is -5.38. The molecule has 0 aliphatic rings. The lowest BCUT2D eigenvalue weighted by Crippen LogP contribution is -2.21. The van der Waals surface area contributed by atoms with Crippen LogP contribution in [0, 0.1) is 6.92 Å². The number of halogens is 3. The number of hydrogen-bond donors (Lipinski definition) is 1. The average Bonchev–Trinajstić information content (AvgIpc) is 3.14. The first kappa shape index (κ1) is 21.7. The molecule has 0 aliphatic carbocycles. The minimum atomic E-state index is -4.70. The van der Waals surface area contributed by atoms with Crippen LogP contribution in [0.25, 0.3) is 10.6 Å². The Balaban J connectivity index is 1.76. The van der Waals surface area contributed by atoms with Gasteiger partial charge in [-0.1, -0.05) is 48.0 Å². The van der Waals surface area contributed by atoms with Crippen LogP contribution in [-0.4, -0.2) is 21.8 Å². The fraction of sp³-hybridized carbons (Fsp3) is 0.227. The number of aryl methyl sites for hydroxylation is 1. The first-order valence-electron chi connectivity index (χ1n) is 9.07. The zero-order valence-electron chi connectivity index (χ0n) is 15.9. The van der Waals surface area contributed by atoms with Gasteiger partial charge >= 0.3 is 12.1 Å². The Labute approximate surface area is 175 Å². The van der Waals surface area contributed by atoms with Gasteiger partial charge in [-0.25, -0.2) is 4.98 Å². The number of Topliss-reactive ketones (excluding diaryl/α,β-unsaturated/α-hetero) is 1. The van der Waals surface area contributed by atoms with E-state index in [4.69, 9.17) is 0 Å². The molecule has 1 N–H and O–H groups in total. The molecule has 0 fully saturated rings. The Kier molecular flexibility index (Phi) is 6.36. The number of aliphatic carboxylic acids is 1. The molecule has 0 saturated heterocycles. The third-order valence-corrected chi connectivity index (χ3v) is 5.54. The average molecular weight is 433 g/mol. The van der Waals surface area contributed by atoms with Crippen molar-refractivity contribution in [1.29, 1.82) is 0 Å². The van der Waals surface area contributed by atoms with Crippen LogP contribution in [0.4, 0.5) is 13.2 Å². The van der Waals surface area contributed by atoms with Crippen LogP contribution < -0.4 is 0 Å². The smallest absolute Gasteiger partial charge is 0.416 e. The Morgan fingerprint density at radius 3 is 2.40 bits per heavy atom. The largest absolute Gasteiger partial charge is 0.481 e. The molecule has 0 bridgehead atoms. The molecule has 0 aliphatic heterocycles. The van der Waals surface area contributed by atoms with Crippen molar-refractivity contribution in [3.05, 3.63) is 76.3 Å². The second-order valence-corrected chi connectivity index (χ2v) is 7.76. The van der Waals surface area contributed by atoms with Crippen LogP contribution in [-0.2, 0) is 22.2 Å². The summed E-state index contributed by atoms with van der Waals surface area (Å²) in [6, 6.07) is 12.2. The van der Waals surface area contributed by atoms with E-state index in [1.807, 2.05) is 31.2 Å². The lowest BCUT2D eigenvalue weighted by molar-refractivity contribution is -0.143. The van der Waals surface area contributed by atoms with Crippen molar-refractivity contribution in [2.75, 3.05) is 0 Å². The third kappa shape index (κ3) is 5.13.